The molecule has 0 aliphatic carbocycles. The highest BCUT2D eigenvalue weighted by atomic mass is 35.5. The molecular weight excluding hydrogens is 300 g/mol. The van der Waals surface area contributed by atoms with Crippen LogP contribution in [0.1, 0.15) is 43.7 Å². The molecule has 1 aromatic heterocycles. The van der Waals surface area contributed by atoms with Gasteiger partial charge in [-0.05, 0) is 25.5 Å². The van der Waals surface area contributed by atoms with E-state index in [4.69, 9.17) is 23.2 Å². The van der Waals surface area contributed by atoms with Crippen molar-refractivity contribution in [2.75, 3.05) is 0 Å². The SMILES string of the molecule is CCC(NC(C)c1c(Cl)ccc(F)c1Cl)c1ncc[nH]1. The van der Waals surface area contributed by atoms with Gasteiger partial charge in [0.25, 0.3) is 0 Å². The van der Waals surface area contributed by atoms with Gasteiger partial charge in [-0.3, -0.25) is 0 Å². The second-order valence-electron chi connectivity index (χ2n) is 4.58. The van der Waals surface area contributed by atoms with Crippen LogP contribution in [0.25, 0.3) is 0 Å². The zero-order valence-corrected chi connectivity index (χ0v) is 12.8. The van der Waals surface area contributed by atoms with Gasteiger partial charge < -0.3 is 10.3 Å². The Bertz CT molecular complexity index is 572. The highest BCUT2D eigenvalue weighted by Gasteiger charge is 2.21. The average molecular weight is 316 g/mol. The predicted octanol–water partition coefficient (Wildman–Crippen LogP) is 4.66. The van der Waals surface area contributed by atoms with Crippen molar-refractivity contribution in [3.63, 3.8) is 0 Å². The van der Waals surface area contributed by atoms with E-state index in [2.05, 4.69) is 15.3 Å². The van der Waals surface area contributed by atoms with Crippen LogP contribution in [0.15, 0.2) is 24.5 Å². The van der Waals surface area contributed by atoms with Gasteiger partial charge in [-0.25, -0.2) is 9.37 Å². The van der Waals surface area contributed by atoms with E-state index < -0.39 is 5.82 Å². The number of H-pyrrole nitrogens is 1. The first-order valence-corrected chi connectivity index (χ1v) is 7.18. The minimum atomic E-state index is -0.467. The lowest BCUT2D eigenvalue weighted by Gasteiger charge is -2.23. The largest absolute Gasteiger partial charge is 0.347 e. The molecule has 2 unspecified atom stereocenters. The molecule has 1 heterocycles. The summed E-state index contributed by atoms with van der Waals surface area (Å²) in [6.45, 7) is 3.94. The van der Waals surface area contributed by atoms with E-state index in [1.807, 2.05) is 13.8 Å². The van der Waals surface area contributed by atoms with Crippen LogP contribution in [-0.2, 0) is 0 Å². The Morgan fingerprint density at radius 3 is 2.75 bits per heavy atom. The van der Waals surface area contributed by atoms with Gasteiger partial charge >= 0.3 is 0 Å². The summed E-state index contributed by atoms with van der Waals surface area (Å²) < 4.78 is 13.6. The molecule has 0 aliphatic heterocycles. The molecule has 6 heteroatoms. The van der Waals surface area contributed by atoms with Crippen LogP contribution in [0.4, 0.5) is 4.39 Å². The average Bonchev–Trinajstić information content (AvgIpc) is 2.94. The Labute approximate surface area is 127 Å². The number of benzene rings is 1. The first kappa shape index (κ1) is 15.3. The van der Waals surface area contributed by atoms with Gasteiger partial charge in [0.15, 0.2) is 0 Å². The summed E-state index contributed by atoms with van der Waals surface area (Å²) in [5, 5.41) is 3.88. The third-order valence-corrected chi connectivity index (χ3v) is 3.94. The third kappa shape index (κ3) is 3.14. The Hall–Kier alpha value is -1.10. The Morgan fingerprint density at radius 1 is 1.40 bits per heavy atom. The molecule has 0 aliphatic rings. The lowest BCUT2D eigenvalue weighted by Crippen LogP contribution is -2.25. The van der Waals surface area contributed by atoms with Crippen LogP contribution in [0.3, 0.4) is 0 Å². The summed E-state index contributed by atoms with van der Waals surface area (Å²) in [5.74, 6) is 0.369. The number of aromatic nitrogens is 2. The summed E-state index contributed by atoms with van der Waals surface area (Å²) in [4.78, 5) is 7.31. The first-order chi connectivity index (χ1) is 9.54. The molecule has 108 valence electrons. The summed E-state index contributed by atoms with van der Waals surface area (Å²) >= 11 is 12.2. The number of rotatable bonds is 5. The smallest absolute Gasteiger partial charge is 0.142 e. The van der Waals surface area contributed by atoms with Crippen molar-refractivity contribution in [1.29, 1.82) is 0 Å². The molecule has 2 aromatic rings. The van der Waals surface area contributed by atoms with E-state index in [-0.39, 0.29) is 17.1 Å². The number of hydrogen-bond acceptors (Lipinski definition) is 2. The van der Waals surface area contributed by atoms with Crippen LogP contribution in [0, 0.1) is 5.82 Å². The molecule has 0 bridgehead atoms. The fraction of sp³-hybridized carbons (Fsp3) is 0.357. The van der Waals surface area contributed by atoms with Gasteiger partial charge in [0.05, 0.1) is 11.1 Å². The third-order valence-electron chi connectivity index (χ3n) is 3.22. The van der Waals surface area contributed by atoms with Crippen LogP contribution >= 0.6 is 23.2 Å². The second kappa shape index (κ2) is 6.57. The molecule has 0 amide bonds. The fourth-order valence-electron chi connectivity index (χ4n) is 2.18. The minimum Gasteiger partial charge on any atom is -0.347 e. The van der Waals surface area contributed by atoms with Crippen LogP contribution in [0.5, 0.6) is 0 Å². The van der Waals surface area contributed by atoms with E-state index in [0.717, 1.165) is 12.2 Å². The first-order valence-electron chi connectivity index (χ1n) is 6.43. The number of nitrogens with zero attached hydrogens (tertiary/aromatic N) is 1. The predicted molar refractivity (Wildman–Crippen MR) is 79.6 cm³/mol. The molecule has 0 spiro atoms. The Kier molecular flexibility index (Phi) is 5.02. The van der Waals surface area contributed by atoms with Crippen LogP contribution < -0.4 is 5.32 Å². The van der Waals surface area contributed by atoms with E-state index in [1.54, 1.807) is 12.4 Å². The maximum absolute atomic E-state index is 13.6. The van der Waals surface area contributed by atoms with Crippen molar-refractivity contribution in [3.05, 3.63) is 51.8 Å². The zero-order chi connectivity index (χ0) is 14.7. The molecule has 0 saturated carbocycles. The normalized spacial score (nSPS) is 14.2. The summed E-state index contributed by atoms with van der Waals surface area (Å²) in [7, 11) is 0. The number of imidazole rings is 1. The van der Waals surface area contributed by atoms with Gasteiger partial charge in [-0.15, -0.1) is 0 Å². The molecule has 1 aromatic carbocycles. The zero-order valence-electron chi connectivity index (χ0n) is 11.3. The molecule has 0 radical (unpaired) electrons. The number of halogens is 3. The quantitative estimate of drug-likeness (QED) is 0.788. The van der Waals surface area contributed by atoms with Crippen LogP contribution in [-0.4, -0.2) is 9.97 Å². The highest BCUT2D eigenvalue weighted by Crippen LogP contribution is 2.33. The number of hydrogen-bond donors (Lipinski definition) is 2. The van der Waals surface area contributed by atoms with E-state index in [0.29, 0.717) is 10.6 Å². The van der Waals surface area contributed by atoms with Crippen LogP contribution in [0.2, 0.25) is 10.0 Å². The lowest BCUT2D eigenvalue weighted by atomic mass is 10.1. The lowest BCUT2D eigenvalue weighted by molar-refractivity contribution is 0.440. The van der Waals surface area contributed by atoms with Crippen molar-refractivity contribution in [2.24, 2.45) is 0 Å². The van der Waals surface area contributed by atoms with E-state index >= 15 is 0 Å². The molecule has 0 fully saturated rings. The van der Waals surface area contributed by atoms with Crippen molar-refractivity contribution in [3.8, 4) is 0 Å². The van der Waals surface area contributed by atoms with E-state index in [1.165, 1.54) is 12.1 Å². The standard InChI is InChI=1S/C14H16Cl2FN3/c1-3-11(14-18-6-7-19-14)20-8(2)12-9(15)4-5-10(17)13(12)16/h4-8,11,20H,3H2,1-2H3,(H,18,19). The monoisotopic (exact) mass is 315 g/mol. The topological polar surface area (TPSA) is 40.7 Å². The Morgan fingerprint density at radius 2 is 2.15 bits per heavy atom. The van der Waals surface area contributed by atoms with Crippen molar-refractivity contribution < 1.29 is 4.39 Å². The van der Waals surface area contributed by atoms with Gasteiger partial charge in [-0.2, -0.15) is 0 Å². The molecule has 2 rings (SSSR count). The van der Waals surface area contributed by atoms with Crippen molar-refractivity contribution in [1.82, 2.24) is 15.3 Å². The molecule has 0 saturated heterocycles. The van der Waals surface area contributed by atoms with Gasteiger partial charge in [0.2, 0.25) is 0 Å². The van der Waals surface area contributed by atoms with Gasteiger partial charge in [0.1, 0.15) is 11.6 Å². The number of aromatic amines is 1. The Balaban J connectivity index is 2.24. The second-order valence-corrected chi connectivity index (χ2v) is 5.37. The van der Waals surface area contributed by atoms with Crippen molar-refractivity contribution >= 4 is 23.2 Å². The maximum atomic E-state index is 13.6. The highest BCUT2D eigenvalue weighted by molar-refractivity contribution is 6.36. The van der Waals surface area contributed by atoms with Crippen molar-refractivity contribution in [2.45, 2.75) is 32.4 Å². The minimum absolute atomic E-state index is 0.0235. The van der Waals surface area contributed by atoms with Gasteiger partial charge in [-0.1, -0.05) is 30.1 Å². The summed E-state index contributed by atoms with van der Waals surface area (Å²) in [6.07, 6.45) is 4.31. The summed E-state index contributed by atoms with van der Waals surface area (Å²) in [5.41, 5.74) is 0.568. The maximum Gasteiger partial charge on any atom is 0.142 e. The molecule has 2 N–H and O–H groups in total. The molecule has 20 heavy (non-hydrogen) atoms. The molecule has 2 atom stereocenters. The molecule has 3 nitrogen and oxygen atoms in total. The summed E-state index contributed by atoms with van der Waals surface area (Å²) in [6, 6.07) is 2.62. The fourth-order valence-corrected chi connectivity index (χ4v) is 2.88. The van der Waals surface area contributed by atoms with Gasteiger partial charge in [0, 0.05) is 29.0 Å². The number of nitrogens with one attached hydrogen (secondary N) is 2. The van der Waals surface area contributed by atoms with E-state index in [9.17, 15) is 4.39 Å². The molecular formula is C14H16Cl2FN3.